The van der Waals surface area contributed by atoms with Crippen molar-refractivity contribution in [3.63, 3.8) is 0 Å². The first-order valence-electron chi connectivity index (χ1n) is 7.02. The zero-order valence-corrected chi connectivity index (χ0v) is 13.0. The lowest BCUT2D eigenvalue weighted by Gasteiger charge is -2.09. The number of hydrogen-bond acceptors (Lipinski definition) is 4. The summed E-state index contributed by atoms with van der Waals surface area (Å²) in [5, 5.41) is 11.9. The zero-order chi connectivity index (χ0) is 15.6. The van der Waals surface area contributed by atoms with Crippen LogP contribution in [0.15, 0.2) is 12.1 Å². The zero-order valence-electron chi connectivity index (χ0n) is 13.0. The Labute approximate surface area is 123 Å². The average molecular weight is 289 g/mol. The first-order chi connectivity index (χ1) is 9.68. The van der Waals surface area contributed by atoms with Crippen molar-refractivity contribution in [2.45, 2.75) is 40.7 Å². The van der Waals surface area contributed by atoms with Gasteiger partial charge in [0.1, 0.15) is 5.82 Å². The van der Waals surface area contributed by atoms with Crippen molar-refractivity contribution in [1.29, 1.82) is 0 Å². The predicted molar refractivity (Wildman–Crippen MR) is 79.0 cm³/mol. The standard InChI is InChI=1S/C15H20FN5/c1-8-6-9(17)7-10(11(8)16)12-18-19-20-21(12)13-14(2,3)15(13,4)5/h6-7,13H,17H2,1-5H3. The second-order valence-corrected chi connectivity index (χ2v) is 6.99. The van der Waals surface area contributed by atoms with E-state index in [0.29, 0.717) is 22.6 Å². The molecule has 0 unspecified atom stereocenters. The Bertz CT molecular complexity index is 703. The molecule has 0 aliphatic heterocycles. The molecule has 112 valence electrons. The lowest BCUT2D eigenvalue weighted by Crippen LogP contribution is -2.07. The van der Waals surface area contributed by atoms with Crippen LogP contribution in [0.1, 0.15) is 39.3 Å². The van der Waals surface area contributed by atoms with Crippen molar-refractivity contribution in [3.8, 4) is 11.4 Å². The quantitative estimate of drug-likeness (QED) is 0.863. The molecule has 1 aliphatic rings. The summed E-state index contributed by atoms with van der Waals surface area (Å²) in [6.45, 7) is 10.4. The number of nitrogens with two attached hydrogens (primary N) is 1. The molecule has 1 aliphatic carbocycles. The molecule has 1 fully saturated rings. The Balaban J connectivity index is 2.14. The van der Waals surface area contributed by atoms with Crippen LogP contribution in [0.2, 0.25) is 0 Å². The second-order valence-electron chi connectivity index (χ2n) is 6.99. The molecule has 2 N–H and O–H groups in total. The molecular weight excluding hydrogens is 269 g/mol. The number of anilines is 1. The minimum atomic E-state index is -0.323. The molecular formula is C15H20FN5. The minimum absolute atomic E-state index is 0.0585. The van der Waals surface area contributed by atoms with Gasteiger partial charge in [0.2, 0.25) is 0 Å². The maximum atomic E-state index is 14.4. The number of hydrogen-bond donors (Lipinski definition) is 1. The molecule has 21 heavy (non-hydrogen) atoms. The fraction of sp³-hybridized carbons (Fsp3) is 0.533. The van der Waals surface area contributed by atoms with Crippen molar-refractivity contribution in [3.05, 3.63) is 23.5 Å². The number of tetrazole rings is 1. The average Bonchev–Trinajstić information content (AvgIpc) is 2.71. The van der Waals surface area contributed by atoms with E-state index in [4.69, 9.17) is 5.73 Å². The Kier molecular flexibility index (Phi) is 2.68. The third kappa shape index (κ3) is 1.78. The molecule has 0 saturated heterocycles. The van der Waals surface area contributed by atoms with Crippen LogP contribution in [0.5, 0.6) is 0 Å². The summed E-state index contributed by atoms with van der Waals surface area (Å²) in [6, 6.07) is 3.33. The fourth-order valence-corrected chi connectivity index (χ4v) is 3.28. The van der Waals surface area contributed by atoms with E-state index in [1.165, 1.54) is 0 Å². The van der Waals surface area contributed by atoms with Gasteiger partial charge in [-0.25, -0.2) is 9.07 Å². The summed E-state index contributed by atoms with van der Waals surface area (Å²) in [6.07, 6.45) is 0. The van der Waals surface area contributed by atoms with E-state index >= 15 is 0 Å². The van der Waals surface area contributed by atoms with Crippen LogP contribution in [-0.2, 0) is 0 Å². The topological polar surface area (TPSA) is 69.6 Å². The molecule has 1 saturated carbocycles. The summed E-state index contributed by atoms with van der Waals surface area (Å²) >= 11 is 0. The SMILES string of the molecule is Cc1cc(N)cc(-c2nnnn2C2C(C)(C)C2(C)C)c1F. The molecule has 0 bridgehead atoms. The predicted octanol–water partition coefficient (Wildman–Crippen LogP) is 2.98. The van der Waals surface area contributed by atoms with Gasteiger partial charge in [-0.3, -0.25) is 0 Å². The molecule has 0 atom stereocenters. The van der Waals surface area contributed by atoms with E-state index in [9.17, 15) is 4.39 Å². The Morgan fingerprint density at radius 2 is 1.81 bits per heavy atom. The number of rotatable bonds is 2. The first-order valence-corrected chi connectivity index (χ1v) is 7.02. The van der Waals surface area contributed by atoms with Crippen LogP contribution >= 0.6 is 0 Å². The van der Waals surface area contributed by atoms with Gasteiger partial charge >= 0.3 is 0 Å². The van der Waals surface area contributed by atoms with Crippen molar-refractivity contribution in [1.82, 2.24) is 20.2 Å². The summed E-state index contributed by atoms with van der Waals surface area (Å²) in [4.78, 5) is 0. The summed E-state index contributed by atoms with van der Waals surface area (Å²) in [5.41, 5.74) is 7.31. The maximum Gasteiger partial charge on any atom is 0.185 e. The van der Waals surface area contributed by atoms with Crippen molar-refractivity contribution in [2.24, 2.45) is 10.8 Å². The summed E-state index contributed by atoms with van der Waals surface area (Å²) in [7, 11) is 0. The van der Waals surface area contributed by atoms with Crippen LogP contribution in [0.3, 0.4) is 0 Å². The highest BCUT2D eigenvalue weighted by molar-refractivity contribution is 5.64. The first kappa shape index (κ1) is 14.0. The molecule has 0 spiro atoms. The van der Waals surface area contributed by atoms with Crippen molar-refractivity contribution >= 4 is 5.69 Å². The lowest BCUT2D eigenvalue weighted by molar-refractivity contribution is 0.457. The van der Waals surface area contributed by atoms with Gasteiger partial charge in [0, 0.05) is 5.69 Å². The number of nitrogens with zero attached hydrogens (tertiary/aromatic N) is 4. The van der Waals surface area contributed by atoms with E-state index in [1.807, 2.05) is 0 Å². The van der Waals surface area contributed by atoms with E-state index < -0.39 is 0 Å². The summed E-state index contributed by atoms with van der Waals surface area (Å²) in [5.74, 6) is 0.114. The van der Waals surface area contributed by atoms with Gasteiger partial charge in [-0.05, 0) is 45.9 Å². The number of benzene rings is 1. The van der Waals surface area contributed by atoms with Crippen molar-refractivity contribution in [2.75, 3.05) is 5.73 Å². The van der Waals surface area contributed by atoms with Crippen LogP contribution in [0.25, 0.3) is 11.4 Å². The fourth-order valence-electron chi connectivity index (χ4n) is 3.28. The van der Waals surface area contributed by atoms with Gasteiger partial charge in [-0.15, -0.1) is 5.10 Å². The molecule has 1 aromatic carbocycles. The van der Waals surface area contributed by atoms with Gasteiger partial charge in [0.15, 0.2) is 5.82 Å². The molecule has 6 heteroatoms. The number of aryl methyl sites for hydroxylation is 1. The highest BCUT2D eigenvalue weighted by Gasteiger charge is 2.67. The maximum absolute atomic E-state index is 14.4. The second kappa shape index (κ2) is 4.02. The molecule has 2 aromatic rings. The van der Waals surface area contributed by atoms with Gasteiger partial charge in [0.25, 0.3) is 0 Å². The normalized spacial score (nSPS) is 19.7. The number of halogens is 1. The highest BCUT2D eigenvalue weighted by atomic mass is 19.1. The van der Waals surface area contributed by atoms with Gasteiger partial charge < -0.3 is 5.73 Å². The third-order valence-electron chi connectivity index (χ3n) is 5.20. The Hall–Kier alpha value is -1.98. The Morgan fingerprint density at radius 3 is 2.38 bits per heavy atom. The molecule has 0 radical (unpaired) electrons. The van der Waals surface area contributed by atoms with Gasteiger partial charge in [0.05, 0.1) is 11.6 Å². The van der Waals surface area contributed by atoms with Crippen molar-refractivity contribution < 1.29 is 4.39 Å². The van der Waals surface area contributed by atoms with E-state index in [1.54, 1.807) is 23.7 Å². The Morgan fingerprint density at radius 1 is 1.19 bits per heavy atom. The van der Waals surface area contributed by atoms with E-state index in [2.05, 4.69) is 43.2 Å². The molecule has 0 amide bonds. The van der Waals surface area contributed by atoms with Crippen LogP contribution in [0.4, 0.5) is 10.1 Å². The largest absolute Gasteiger partial charge is 0.399 e. The molecule has 1 heterocycles. The van der Waals surface area contributed by atoms with Gasteiger partial charge in [-0.1, -0.05) is 27.7 Å². The van der Waals surface area contributed by atoms with E-state index in [0.717, 1.165) is 0 Å². The van der Waals surface area contributed by atoms with Crippen LogP contribution in [0, 0.1) is 23.6 Å². The molecule has 1 aromatic heterocycles. The highest BCUT2D eigenvalue weighted by Crippen LogP contribution is 2.71. The van der Waals surface area contributed by atoms with Gasteiger partial charge in [-0.2, -0.15) is 0 Å². The lowest BCUT2D eigenvalue weighted by atomic mass is 10.0. The molecule has 3 rings (SSSR count). The van der Waals surface area contributed by atoms with Crippen LogP contribution < -0.4 is 5.73 Å². The summed E-state index contributed by atoms with van der Waals surface area (Å²) < 4.78 is 16.2. The smallest absolute Gasteiger partial charge is 0.185 e. The number of nitrogen functional groups attached to an aromatic ring is 1. The van der Waals surface area contributed by atoms with E-state index in [-0.39, 0.29) is 22.7 Å². The minimum Gasteiger partial charge on any atom is -0.399 e. The number of aromatic nitrogens is 4. The third-order valence-corrected chi connectivity index (χ3v) is 5.20. The monoisotopic (exact) mass is 289 g/mol. The molecule has 5 nitrogen and oxygen atoms in total. The van der Waals surface area contributed by atoms with Crippen LogP contribution in [-0.4, -0.2) is 20.2 Å².